The first-order chi connectivity index (χ1) is 5.15. The maximum absolute atomic E-state index is 3.50. The molecule has 1 rings (SSSR count). The van der Waals surface area contributed by atoms with Crippen LogP contribution in [0.2, 0.25) is 0 Å². The highest BCUT2D eigenvalue weighted by Gasteiger charge is 2.20. The minimum Gasteiger partial charge on any atom is -0.376 e. The maximum atomic E-state index is 3.50. The lowest BCUT2D eigenvalue weighted by atomic mass is 10.0. The van der Waals surface area contributed by atoms with Crippen molar-refractivity contribution in [2.75, 3.05) is 0 Å². The summed E-state index contributed by atoms with van der Waals surface area (Å²) < 4.78 is 0. The average molecular weight is 171 g/mol. The molecule has 1 N–H and O–H groups in total. The van der Waals surface area contributed by atoms with E-state index in [0.717, 1.165) is 0 Å². The second-order valence-corrected chi connectivity index (χ2v) is 4.74. The molecule has 0 aromatic rings. The van der Waals surface area contributed by atoms with Crippen molar-refractivity contribution in [3.05, 3.63) is 10.6 Å². The predicted molar refractivity (Wildman–Crippen MR) is 52.3 cm³/mol. The highest BCUT2D eigenvalue weighted by atomic mass is 32.2. The van der Waals surface area contributed by atoms with Gasteiger partial charge < -0.3 is 5.32 Å². The van der Waals surface area contributed by atoms with E-state index in [-0.39, 0.29) is 0 Å². The van der Waals surface area contributed by atoms with Crippen LogP contribution in [0.4, 0.5) is 0 Å². The Balaban J connectivity index is 2.63. The van der Waals surface area contributed by atoms with Crippen molar-refractivity contribution < 1.29 is 0 Å². The van der Waals surface area contributed by atoms with Gasteiger partial charge in [0.15, 0.2) is 0 Å². The topological polar surface area (TPSA) is 12.0 Å². The standard InChI is InChI=1S/C9H17NS/c1-5-6(2)9-7(3)11-8(4)10-9/h6,8,10H,5H2,1-4H3. The Bertz CT molecular complexity index is 174. The molecule has 1 heterocycles. The molecule has 0 aliphatic carbocycles. The molecular weight excluding hydrogens is 154 g/mol. The molecule has 0 spiro atoms. The third kappa shape index (κ3) is 1.92. The molecule has 0 aromatic carbocycles. The zero-order valence-electron chi connectivity index (χ0n) is 7.77. The third-order valence-electron chi connectivity index (χ3n) is 2.20. The summed E-state index contributed by atoms with van der Waals surface area (Å²) in [5.41, 5.74) is 1.46. The van der Waals surface area contributed by atoms with E-state index in [9.17, 15) is 0 Å². The van der Waals surface area contributed by atoms with E-state index in [1.54, 1.807) is 0 Å². The molecule has 0 fully saturated rings. The summed E-state index contributed by atoms with van der Waals surface area (Å²) in [6, 6.07) is 0. The summed E-state index contributed by atoms with van der Waals surface area (Å²) in [5, 5.41) is 4.08. The lowest BCUT2D eigenvalue weighted by molar-refractivity contribution is 0.590. The molecule has 0 amide bonds. The Kier molecular flexibility index (Phi) is 2.88. The zero-order chi connectivity index (χ0) is 8.43. The van der Waals surface area contributed by atoms with Gasteiger partial charge in [0.05, 0.1) is 5.37 Å². The Morgan fingerprint density at radius 3 is 2.64 bits per heavy atom. The van der Waals surface area contributed by atoms with Gasteiger partial charge in [0.25, 0.3) is 0 Å². The van der Waals surface area contributed by atoms with Crippen LogP contribution in [0.5, 0.6) is 0 Å². The molecule has 2 atom stereocenters. The molecule has 11 heavy (non-hydrogen) atoms. The van der Waals surface area contributed by atoms with Crippen molar-refractivity contribution >= 4 is 11.8 Å². The van der Waals surface area contributed by atoms with Crippen molar-refractivity contribution in [3.8, 4) is 0 Å². The molecule has 64 valence electrons. The molecule has 0 radical (unpaired) electrons. The van der Waals surface area contributed by atoms with E-state index in [4.69, 9.17) is 0 Å². The summed E-state index contributed by atoms with van der Waals surface area (Å²) in [6.45, 7) is 8.94. The molecule has 1 aliphatic heterocycles. The van der Waals surface area contributed by atoms with Crippen LogP contribution in [-0.4, -0.2) is 5.37 Å². The van der Waals surface area contributed by atoms with Gasteiger partial charge in [0.1, 0.15) is 0 Å². The molecule has 2 unspecified atom stereocenters. The van der Waals surface area contributed by atoms with Gasteiger partial charge in [0.2, 0.25) is 0 Å². The van der Waals surface area contributed by atoms with Crippen LogP contribution in [-0.2, 0) is 0 Å². The normalized spacial score (nSPS) is 27.1. The van der Waals surface area contributed by atoms with Gasteiger partial charge in [0, 0.05) is 10.6 Å². The summed E-state index contributed by atoms with van der Waals surface area (Å²) in [6.07, 6.45) is 1.23. The van der Waals surface area contributed by atoms with Crippen LogP contribution in [0.15, 0.2) is 10.6 Å². The highest BCUT2D eigenvalue weighted by molar-refractivity contribution is 8.03. The lowest BCUT2D eigenvalue weighted by Crippen LogP contribution is -2.20. The summed E-state index contributed by atoms with van der Waals surface area (Å²) in [4.78, 5) is 1.48. The van der Waals surface area contributed by atoms with Gasteiger partial charge in [-0.1, -0.05) is 13.8 Å². The van der Waals surface area contributed by atoms with Gasteiger partial charge in [-0.25, -0.2) is 0 Å². The van der Waals surface area contributed by atoms with Gasteiger partial charge >= 0.3 is 0 Å². The van der Waals surface area contributed by atoms with Gasteiger partial charge in [-0.15, -0.1) is 11.8 Å². The molecule has 1 aliphatic rings. The van der Waals surface area contributed by atoms with Crippen LogP contribution in [0.25, 0.3) is 0 Å². The van der Waals surface area contributed by atoms with E-state index in [1.807, 2.05) is 11.8 Å². The molecule has 0 saturated carbocycles. The van der Waals surface area contributed by atoms with Crippen LogP contribution < -0.4 is 5.32 Å². The first-order valence-electron chi connectivity index (χ1n) is 4.29. The smallest absolute Gasteiger partial charge is 0.0735 e. The fraction of sp³-hybridized carbons (Fsp3) is 0.778. The Morgan fingerprint density at radius 2 is 2.27 bits per heavy atom. The second kappa shape index (κ2) is 3.53. The first-order valence-corrected chi connectivity index (χ1v) is 5.17. The largest absolute Gasteiger partial charge is 0.376 e. The van der Waals surface area contributed by atoms with Crippen molar-refractivity contribution in [2.45, 2.75) is 39.5 Å². The van der Waals surface area contributed by atoms with E-state index in [0.29, 0.717) is 11.3 Å². The maximum Gasteiger partial charge on any atom is 0.0735 e. The van der Waals surface area contributed by atoms with Crippen molar-refractivity contribution in [1.82, 2.24) is 5.32 Å². The summed E-state index contributed by atoms with van der Waals surface area (Å²) >= 11 is 1.94. The monoisotopic (exact) mass is 171 g/mol. The van der Waals surface area contributed by atoms with E-state index in [2.05, 4.69) is 33.0 Å². The van der Waals surface area contributed by atoms with Gasteiger partial charge in [-0.2, -0.15) is 0 Å². The minimum atomic E-state index is 0.582. The van der Waals surface area contributed by atoms with E-state index < -0.39 is 0 Å². The Labute approximate surface area is 73.6 Å². The molecule has 2 heteroatoms. The highest BCUT2D eigenvalue weighted by Crippen LogP contribution is 2.33. The SMILES string of the molecule is CCC(C)C1=C(C)SC(C)N1. The number of allylic oxidation sites excluding steroid dienone is 2. The number of hydrogen-bond donors (Lipinski definition) is 1. The van der Waals surface area contributed by atoms with Crippen molar-refractivity contribution in [3.63, 3.8) is 0 Å². The van der Waals surface area contributed by atoms with Crippen molar-refractivity contribution in [2.24, 2.45) is 5.92 Å². The number of nitrogens with one attached hydrogen (secondary N) is 1. The molecule has 0 bridgehead atoms. The summed E-state index contributed by atoms with van der Waals surface area (Å²) in [7, 11) is 0. The van der Waals surface area contributed by atoms with Crippen LogP contribution in [0, 0.1) is 5.92 Å². The van der Waals surface area contributed by atoms with Crippen LogP contribution in [0.3, 0.4) is 0 Å². The molecule has 0 aromatic heterocycles. The number of hydrogen-bond acceptors (Lipinski definition) is 2. The second-order valence-electron chi connectivity index (χ2n) is 3.18. The van der Waals surface area contributed by atoms with Crippen molar-refractivity contribution in [1.29, 1.82) is 0 Å². The van der Waals surface area contributed by atoms with Gasteiger partial charge in [-0.3, -0.25) is 0 Å². The Hall–Kier alpha value is -0.110. The Morgan fingerprint density at radius 1 is 1.64 bits per heavy atom. The lowest BCUT2D eigenvalue weighted by Gasteiger charge is -2.13. The number of rotatable bonds is 2. The van der Waals surface area contributed by atoms with E-state index in [1.165, 1.54) is 17.0 Å². The van der Waals surface area contributed by atoms with Crippen LogP contribution in [0.1, 0.15) is 34.1 Å². The molecule has 1 nitrogen and oxygen atoms in total. The predicted octanol–water partition coefficient (Wildman–Crippen LogP) is 2.95. The van der Waals surface area contributed by atoms with Crippen LogP contribution >= 0.6 is 11.8 Å². The summed E-state index contributed by atoms with van der Waals surface area (Å²) in [5.74, 6) is 0.701. The minimum absolute atomic E-state index is 0.582. The number of thioether (sulfide) groups is 1. The zero-order valence-corrected chi connectivity index (χ0v) is 8.59. The average Bonchev–Trinajstić information content (AvgIpc) is 2.28. The third-order valence-corrected chi connectivity index (χ3v) is 3.24. The van der Waals surface area contributed by atoms with Gasteiger partial charge in [-0.05, 0) is 26.2 Å². The quantitative estimate of drug-likeness (QED) is 0.685. The van der Waals surface area contributed by atoms with E-state index >= 15 is 0 Å². The molecular formula is C9H17NS. The first kappa shape index (κ1) is 8.98. The molecule has 0 saturated heterocycles. The fourth-order valence-corrected chi connectivity index (χ4v) is 2.48. The fourth-order valence-electron chi connectivity index (χ4n) is 1.37.